The van der Waals surface area contributed by atoms with E-state index in [0.29, 0.717) is 12.8 Å². The van der Waals surface area contributed by atoms with Crippen LogP contribution in [0.15, 0.2) is 63.2 Å². The molecule has 1 aliphatic heterocycles. The lowest BCUT2D eigenvalue weighted by atomic mass is 9.97. The van der Waals surface area contributed by atoms with Crippen LogP contribution in [0, 0.1) is 5.92 Å². The van der Waals surface area contributed by atoms with Crippen LogP contribution in [-0.4, -0.2) is 52.6 Å². The maximum atomic E-state index is 13.1. The lowest BCUT2D eigenvalue weighted by Crippen LogP contribution is -2.41. The third-order valence-corrected chi connectivity index (χ3v) is 9.09. The largest absolute Gasteiger partial charge is 0.325 e. The fourth-order valence-electron chi connectivity index (χ4n) is 3.45. The van der Waals surface area contributed by atoms with Gasteiger partial charge in [-0.05, 0) is 43.4 Å². The lowest BCUT2D eigenvalue weighted by Gasteiger charge is -2.31. The highest BCUT2D eigenvalue weighted by molar-refractivity contribution is 7.98. The third-order valence-electron chi connectivity index (χ3n) is 5.06. The Morgan fingerprint density at radius 2 is 1.53 bits per heavy atom. The average Bonchev–Trinajstić information content (AvgIpc) is 2.73. The molecule has 1 fully saturated rings. The highest BCUT2D eigenvalue weighted by atomic mass is 32.2. The Balaban J connectivity index is 1.72. The van der Waals surface area contributed by atoms with E-state index in [1.807, 2.05) is 30.5 Å². The second-order valence-corrected chi connectivity index (χ2v) is 11.8. The molecule has 0 bridgehead atoms. The molecule has 0 spiro atoms. The fourth-order valence-corrected chi connectivity index (χ4v) is 7.08. The number of benzene rings is 2. The summed E-state index contributed by atoms with van der Waals surface area (Å²) in [4.78, 5) is 13.2. The molecule has 2 aromatic carbocycles. The summed E-state index contributed by atoms with van der Waals surface area (Å²) in [6.45, 7) is 0.311. The molecule has 0 aliphatic carbocycles. The van der Waals surface area contributed by atoms with Crippen LogP contribution in [0.3, 0.4) is 0 Å². The summed E-state index contributed by atoms with van der Waals surface area (Å²) in [7, 11) is -7.67. The fraction of sp³-hybridized carbons (Fsp3) is 0.350. The van der Waals surface area contributed by atoms with Crippen LogP contribution < -0.4 is 5.32 Å². The number of hydrogen-bond acceptors (Lipinski definition) is 6. The highest BCUT2D eigenvalue weighted by Gasteiger charge is 2.34. The van der Waals surface area contributed by atoms with E-state index < -0.39 is 19.9 Å². The van der Waals surface area contributed by atoms with Gasteiger partial charge in [0.2, 0.25) is 15.9 Å². The molecule has 1 heterocycles. The van der Waals surface area contributed by atoms with Gasteiger partial charge in [0, 0.05) is 30.2 Å². The topological polar surface area (TPSA) is 101 Å². The van der Waals surface area contributed by atoms with Crippen LogP contribution in [0.25, 0.3) is 0 Å². The number of anilines is 1. The van der Waals surface area contributed by atoms with Crippen molar-refractivity contribution >= 4 is 43.2 Å². The molecule has 30 heavy (non-hydrogen) atoms. The van der Waals surface area contributed by atoms with Gasteiger partial charge >= 0.3 is 0 Å². The smallest absolute Gasteiger partial charge is 0.244 e. The maximum absolute atomic E-state index is 13.1. The molecule has 162 valence electrons. The van der Waals surface area contributed by atoms with Gasteiger partial charge in [0.1, 0.15) is 4.90 Å². The molecule has 1 saturated heterocycles. The Hall–Kier alpha value is -1.88. The Kier molecular flexibility index (Phi) is 6.91. The van der Waals surface area contributed by atoms with Crippen LogP contribution >= 0.6 is 11.8 Å². The number of piperidine rings is 1. The zero-order chi connectivity index (χ0) is 21.9. The normalized spacial score (nSPS) is 16.3. The predicted octanol–water partition coefficient (Wildman–Crippen LogP) is 2.85. The minimum absolute atomic E-state index is 0.134. The van der Waals surface area contributed by atoms with E-state index in [-0.39, 0.29) is 34.7 Å². The van der Waals surface area contributed by atoms with E-state index >= 15 is 0 Å². The van der Waals surface area contributed by atoms with E-state index in [1.165, 1.54) is 40.3 Å². The van der Waals surface area contributed by atoms with Crippen molar-refractivity contribution in [1.29, 1.82) is 0 Å². The molecule has 2 aromatic rings. The first-order valence-electron chi connectivity index (χ1n) is 9.37. The van der Waals surface area contributed by atoms with Gasteiger partial charge in [-0.3, -0.25) is 4.79 Å². The Bertz CT molecular complexity index is 1140. The molecular formula is C20H24N2O5S3. The second-order valence-electron chi connectivity index (χ2n) is 7.09. The number of carbonyl (C=O) groups excluding carboxylic acids is 1. The Labute approximate surface area is 181 Å². The number of nitrogens with one attached hydrogen (secondary N) is 1. The summed E-state index contributed by atoms with van der Waals surface area (Å²) >= 11 is 1.54. The van der Waals surface area contributed by atoms with Crippen LogP contribution in [0.4, 0.5) is 5.69 Å². The van der Waals surface area contributed by atoms with Crippen LogP contribution in [-0.2, 0) is 24.7 Å². The van der Waals surface area contributed by atoms with Gasteiger partial charge in [-0.2, -0.15) is 4.31 Å². The monoisotopic (exact) mass is 468 g/mol. The van der Waals surface area contributed by atoms with E-state index in [4.69, 9.17) is 0 Å². The lowest BCUT2D eigenvalue weighted by molar-refractivity contribution is -0.120. The molecule has 0 aromatic heterocycles. The van der Waals surface area contributed by atoms with Gasteiger partial charge in [0.25, 0.3) is 0 Å². The number of amides is 1. The summed E-state index contributed by atoms with van der Waals surface area (Å²) in [5.74, 6) is -0.443. The molecule has 7 nitrogen and oxygen atoms in total. The standard InChI is InChI=1S/C20H24N2O5S3/c1-28-17-8-4-3-7-16(17)21-20(23)15-11-13-22(14-12-15)30(26,27)19-10-6-5-9-18(19)29(2,24)25/h3-10,15H,11-14H2,1-2H3,(H,21,23). The minimum atomic E-state index is -3.98. The summed E-state index contributed by atoms with van der Waals surface area (Å²) in [6, 6.07) is 13.1. The Morgan fingerprint density at radius 1 is 0.967 bits per heavy atom. The predicted molar refractivity (Wildman–Crippen MR) is 118 cm³/mol. The van der Waals surface area contributed by atoms with Crippen molar-refractivity contribution in [2.24, 2.45) is 5.92 Å². The van der Waals surface area contributed by atoms with Gasteiger partial charge < -0.3 is 5.32 Å². The summed E-state index contributed by atoms with van der Waals surface area (Å²) in [6.07, 6.45) is 3.66. The van der Waals surface area contributed by atoms with Crippen molar-refractivity contribution in [2.45, 2.75) is 27.5 Å². The maximum Gasteiger partial charge on any atom is 0.244 e. The molecule has 10 heteroatoms. The van der Waals surface area contributed by atoms with Gasteiger partial charge in [0.15, 0.2) is 9.84 Å². The Morgan fingerprint density at radius 3 is 2.13 bits per heavy atom. The zero-order valence-corrected chi connectivity index (χ0v) is 19.2. The molecule has 1 N–H and O–H groups in total. The van der Waals surface area contributed by atoms with Crippen LogP contribution in [0.2, 0.25) is 0 Å². The van der Waals surface area contributed by atoms with E-state index in [0.717, 1.165) is 16.8 Å². The number of para-hydroxylation sites is 1. The van der Waals surface area contributed by atoms with E-state index in [1.54, 1.807) is 0 Å². The highest BCUT2D eigenvalue weighted by Crippen LogP contribution is 2.30. The van der Waals surface area contributed by atoms with Gasteiger partial charge in [-0.15, -0.1) is 11.8 Å². The number of nitrogens with zero attached hydrogens (tertiary/aromatic N) is 1. The van der Waals surface area contributed by atoms with Crippen molar-refractivity contribution in [2.75, 3.05) is 30.9 Å². The molecule has 0 saturated carbocycles. The first-order chi connectivity index (χ1) is 14.1. The van der Waals surface area contributed by atoms with Crippen LogP contribution in [0.1, 0.15) is 12.8 Å². The SMILES string of the molecule is CSc1ccccc1NC(=O)C1CCN(S(=O)(=O)c2ccccc2S(C)(=O)=O)CC1. The quantitative estimate of drug-likeness (QED) is 0.655. The number of sulfonamides is 1. The molecule has 1 aliphatic rings. The number of rotatable bonds is 6. The summed E-state index contributed by atoms with van der Waals surface area (Å²) < 4.78 is 51.4. The summed E-state index contributed by atoms with van der Waals surface area (Å²) in [5, 5.41) is 2.94. The first kappa shape index (κ1) is 22.8. The molecule has 0 atom stereocenters. The number of hydrogen-bond donors (Lipinski definition) is 1. The first-order valence-corrected chi connectivity index (χ1v) is 13.9. The van der Waals surface area contributed by atoms with Crippen molar-refractivity contribution < 1.29 is 21.6 Å². The van der Waals surface area contributed by atoms with Gasteiger partial charge in [0.05, 0.1) is 10.6 Å². The van der Waals surface area contributed by atoms with Crippen molar-refractivity contribution in [3.8, 4) is 0 Å². The number of sulfone groups is 1. The van der Waals surface area contributed by atoms with Crippen molar-refractivity contribution in [3.05, 3.63) is 48.5 Å². The summed E-state index contributed by atoms with van der Waals surface area (Å²) in [5.41, 5.74) is 0.743. The minimum Gasteiger partial charge on any atom is -0.325 e. The van der Waals surface area contributed by atoms with Crippen molar-refractivity contribution in [1.82, 2.24) is 4.31 Å². The molecule has 0 unspecified atom stereocenters. The average molecular weight is 469 g/mol. The van der Waals surface area contributed by atoms with Gasteiger partial charge in [-0.25, -0.2) is 16.8 Å². The number of carbonyl (C=O) groups is 1. The van der Waals surface area contributed by atoms with Crippen molar-refractivity contribution in [3.63, 3.8) is 0 Å². The molecular weight excluding hydrogens is 444 g/mol. The zero-order valence-electron chi connectivity index (χ0n) is 16.7. The molecule has 1 amide bonds. The second kappa shape index (κ2) is 9.09. The molecule has 3 rings (SSSR count). The molecule has 0 radical (unpaired) electrons. The van der Waals surface area contributed by atoms with E-state index in [2.05, 4.69) is 5.32 Å². The van der Waals surface area contributed by atoms with Crippen LogP contribution in [0.5, 0.6) is 0 Å². The van der Waals surface area contributed by atoms with Gasteiger partial charge in [-0.1, -0.05) is 24.3 Å². The third kappa shape index (κ3) is 4.88. The number of thioether (sulfide) groups is 1. The van der Waals surface area contributed by atoms with E-state index in [9.17, 15) is 21.6 Å².